The normalized spacial score (nSPS) is 12.1. The zero-order valence-corrected chi connectivity index (χ0v) is 10.2. The van der Waals surface area contributed by atoms with Crippen molar-refractivity contribution in [3.8, 4) is 0 Å². The molecule has 0 aliphatic carbocycles. The van der Waals surface area contributed by atoms with Gasteiger partial charge in [-0.2, -0.15) is 0 Å². The number of carbonyl (C=O) groups excluding carboxylic acids is 1. The van der Waals surface area contributed by atoms with Gasteiger partial charge in [-0.1, -0.05) is 36.4 Å². The maximum atomic E-state index is 10.7. The number of hydrogen-bond donors (Lipinski definition) is 2. The van der Waals surface area contributed by atoms with Crippen LogP contribution < -0.4 is 10.6 Å². The Morgan fingerprint density at radius 1 is 1.18 bits per heavy atom. The fourth-order valence-corrected chi connectivity index (χ4v) is 1.95. The SMILES string of the molecule is CC(NC(=O)Cl)Nc1cccc2ccccc12. The maximum absolute atomic E-state index is 10.7. The minimum atomic E-state index is -0.565. The molecule has 0 aliphatic heterocycles. The Morgan fingerprint density at radius 2 is 1.88 bits per heavy atom. The second-order valence-corrected chi connectivity index (χ2v) is 4.15. The van der Waals surface area contributed by atoms with Crippen molar-refractivity contribution in [3.05, 3.63) is 42.5 Å². The van der Waals surface area contributed by atoms with Crippen molar-refractivity contribution in [1.29, 1.82) is 0 Å². The highest BCUT2D eigenvalue weighted by Crippen LogP contribution is 2.23. The summed E-state index contributed by atoms with van der Waals surface area (Å²) in [6, 6.07) is 14.1. The van der Waals surface area contributed by atoms with Crippen LogP contribution in [0.5, 0.6) is 0 Å². The van der Waals surface area contributed by atoms with Gasteiger partial charge in [0.1, 0.15) is 0 Å². The third-order valence-electron chi connectivity index (χ3n) is 2.49. The highest BCUT2D eigenvalue weighted by atomic mass is 35.5. The molecule has 0 saturated heterocycles. The van der Waals surface area contributed by atoms with E-state index in [0.29, 0.717) is 0 Å². The summed E-state index contributed by atoms with van der Waals surface area (Å²) in [5.41, 5.74) is 0.973. The Labute approximate surface area is 105 Å². The van der Waals surface area contributed by atoms with Crippen molar-refractivity contribution in [1.82, 2.24) is 5.32 Å². The first kappa shape index (κ1) is 11.7. The summed E-state index contributed by atoms with van der Waals surface area (Å²) in [7, 11) is 0. The Bertz CT molecular complexity index is 536. The summed E-state index contributed by atoms with van der Waals surface area (Å²) in [4.78, 5) is 10.7. The predicted molar refractivity (Wildman–Crippen MR) is 71.4 cm³/mol. The Kier molecular flexibility index (Phi) is 3.49. The second-order valence-electron chi connectivity index (χ2n) is 3.81. The molecule has 2 aromatic carbocycles. The van der Waals surface area contributed by atoms with Crippen LogP contribution in [-0.2, 0) is 0 Å². The van der Waals surface area contributed by atoms with Gasteiger partial charge in [-0.25, -0.2) is 0 Å². The van der Waals surface area contributed by atoms with E-state index in [1.54, 1.807) is 0 Å². The summed E-state index contributed by atoms with van der Waals surface area (Å²) in [5, 5.41) is 7.48. The van der Waals surface area contributed by atoms with Crippen LogP contribution in [0.15, 0.2) is 42.5 Å². The van der Waals surface area contributed by atoms with Gasteiger partial charge in [-0.05, 0) is 30.0 Å². The monoisotopic (exact) mass is 248 g/mol. The van der Waals surface area contributed by atoms with Crippen molar-refractivity contribution in [3.63, 3.8) is 0 Å². The van der Waals surface area contributed by atoms with Crippen molar-refractivity contribution in [2.45, 2.75) is 13.1 Å². The van der Waals surface area contributed by atoms with Crippen LogP contribution in [0.25, 0.3) is 10.8 Å². The number of rotatable bonds is 3. The Balaban J connectivity index is 2.26. The molecule has 0 aromatic heterocycles. The summed E-state index contributed by atoms with van der Waals surface area (Å²) in [6.07, 6.45) is -0.217. The van der Waals surface area contributed by atoms with Gasteiger partial charge in [0.05, 0.1) is 6.17 Å². The van der Waals surface area contributed by atoms with E-state index in [0.717, 1.165) is 16.5 Å². The third-order valence-corrected chi connectivity index (χ3v) is 2.60. The van der Waals surface area contributed by atoms with Gasteiger partial charge >= 0.3 is 5.37 Å². The molecule has 0 fully saturated rings. The molecule has 4 heteroatoms. The standard InChI is InChI=1S/C13H13ClN2O/c1-9(16-13(14)17)15-12-8-4-6-10-5-2-3-7-11(10)12/h2-9,15H,1H3,(H,16,17). The first-order chi connectivity index (χ1) is 8.16. The molecule has 2 aromatic rings. The van der Waals surface area contributed by atoms with Gasteiger partial charge in [-0.3, -0.25) is 4.79 Å². The molecule has 0 heterocycles. The highest BCUT2D eigenvalue weighted by Gasteiger charge is 2.06. The molecule has 1 atom stereocenters. The van der Waals surface area contributed by atoms with Crippen LogP contribution in [0.2, 0.25) is 0 Å². The van der Waals surface area contributed by atoms with E-state index in [-0.39, 0.29) is 6.17 Å². The lowest BCUT2D eigenvalue weighted by atomic mass is 10.1. The smallest absolute Gasteiger partial charge is 0.315 e. The molecule has 1 unspecified atom stereocenters. The summed E-state index contributed by atoms with van der Waals surface area (Å²) in [6.45, 7) is 1.84. The third kappa shape index (κ3) is 2.88. The zero-order valence-electron chi connectivity index (χ0n) is 9.41. The van der Waals surface area contributed by atoms with Crippen LogP contribution in [0, 0.1) is 0 Å². The summed E-state index contributed by atoms with van der Waals surface area (Å²) in [5.74, 6) is 0. The fourth-order valence-electron chi connectivity index (χ4n) is 1.79. The van der Waals surface area contributed by atoms with Crippen LogP contribution in [0.3, 0.4) is 0 Å². The minimum absolute atomic E-state index is 0.217. The molecule has 0 aliphatic rings. The molecule has 2 rings (SSSR count). The van der Waals surface area contributed by atoms with Gasteiger partial charge in [0, 0.05) is 11.1 Å². The molecule has 0 spiro atoms. The van der Waals surface area contributed by atoms with E-state index in [4.69, 9.17) is 11.6 Å². The van der Waals surface area contributed by atoms with Crippen LogP contribution in [0.4, 0.5) is 10.5 Å². The van der Waals surface area contributed by atoms with Gasteiger partial charge < -0.3 is 10.6 Å². The highest BCUT2D eigenvalue weighted by molar-refractivity contribution is 6.63. The minimum Gasteiger partial charge on any atom is -0.365 e. The largest absolute Gasteiger partial charge is 0.365 e. The molecule has 3 nitrogen and oxygen atoms in total. The zero-order chi connectivity index (χ0) is 12.3. The van der Waals surface area contributed by atoms with Gasteiger partial charge in [-0.15, -0.1) is 0 Å². The van der Waals surface area contributed by atoms with Crippen molar-refractivity contribution in [2.75, 3.05) is 5.32 Å². The number of hydrogen-bond acceptors (Lipinski definition) is 2. The molecule has 17 heavy (non-hydrogen) atoms. The number of halogens is 1. The molecule has 0 bridgehead atoms. The van der Waals surface area contributed by atoms with Crippen molar-refractivity contribution in [2.24, 2.45) is 0 Å². The first-order valence-corrected chi connectivity index (χ1v) is 5.75. The maximum Gasteiger partial charge on any atom is 0.315 e. The molecule has 1 amide bonds. The van der Waals surface area contributed by atoms with E-state index in [9.17, 15) is 4.79 Å². The van der Waals surface area contributed by atoms with Gasteiger partial charge in [0.25, 0.3) is 0 Å². The number of amides is 1. The number of carbonyl (C=O) groups is 1. The Hall–Kier alpha value is -1.74. The molecule has 88 valence electrons. The summed E-state index contributed by atoms with van der Waals surface area (Å²) < 4.78 is 0. The average Bonchev–Trinajstić information content (AvgIpc) is 2.28. The quantitative estimate of drug-likeness (QED) is 0.496. The number of benzene rings is 2. The molecular weight excluding hydrogens is 236 g/mol. The molecular formula is C13H13ClN2O. The second kappa shape index (κ2) is 5.06. The van der Waals surface area contributed by atoms with Crippen molar-refractivity contribution < 1.29 is 4.79 Å². The van der Waals surface area contributed by atoms with Crippen LogP contribution >= 0.6 is 11.6 Å². The predicted octanol–water partition coefficient (Wildman–Crippen LogP) is 3.55. The van der Waals surface area contributed by atoms with Crippen molar-refractivity contribution >= 4 is 33.4 Å². The van der Waals surface area contributed by atoms with Gasteiger partial charge in [0.2, 0.25) is 0 Å². The van der Waals surface area contributed by atoms with Gasteiger partial charge in [0.15, 0.2) is 0 Å². The Morgan fingerprint density at radius 3 is 2.65 bits per heavy atom. The lowest BCUT2D eigenvalue weighted by Gasteiger charge is -2.16. The van der Waals surface area contributed by atoms with Crippen LogP contribution in [-0.4, -0.2) is 11.5 Å². The lowest BCUT2D eigenvalue weighted by molar-refractivity contribution is 0.258. The van der Waals surface area contributed by atoms with E-state index < -0.39 is 5.37 Å². The number of anilines is 1. The first-order valence-electron chi connectivity index (χ1n) is 5.37. The fraction of sp³-hybridized carbons (Fsp3) is 0.154. The molecule has 0 saturated carbocycles. The van der Waals surface area contributed by atoms with E-state index in [1.165, 1.54) is 0 Å². The average molecular weight is 249 g/mol. The lowest BCUT2D eigenvalue weighted by Crippen LogP contribution is -2.34. The number of nitrogens with one attached hydrogen (secondary N) is 2. The van der Waals surface area contributed by atoms with E-state index in [2.05, 4.69) is 10.6 Å². The van der Waals surface area contributed by atoms with Crippen LogP contribution in [0.1, 0.15) is 6.92 Å². The number of fused-ring (bicyclic) bond motifs is 1. The molecule has 0 radical (unpaired) electrons. The molecule has 2 N–H and O–H groups in total. The summed E-state index contributed by atoms with van der Waals surface area (Å²) >= 11 is 5.27. The van der Waals surface area contributed by atoms with E-state index >= 15 is 0 Å². The topological polar surface area (TPSA) is 41.1 Å². The van der Waals surface area contributed by atoms with E-state index in [1.807, 2.05) is 49.4 Å².